The molecule has 0 bridgehead atoms. The third-order valence-electron chi connectivity index (χ3n) is 5.82. The Morgan fingerprint density at radius 1 is 0.964 bits per heavy atom. The predicted octanol–water partition coefficient (Wildman–Crippen LogP) is 4.19. The molecule has 2 aromatic carbocycles. The van der Waals surface area contributed by atoms with Gasteiger partial charge in [0, 0.05) is 42.8 Å². The minimum atomic E-state index is -0.254. The molecule has 1 aliphatic heterocycles. The summed E-state index contributed by atoms with van der Waals surface area (Å²) in [5, 5.41) is 0.799. The average Bonchev–Trinajstić information content (AvgIpc) is 3.08. The van der Waals surface area contributed by atoms with Gasteiger partial charge in [-0.15, -0.1) is 0 Å². The molecule has 5 rings (SSSR count). The third kappa shape index (κ3) is 2.68. The van der Waals surface area contributed by atoms with Gasteiger partial charge in [-0.1, -0.05) is 12.1 Å². The molecule has 5 nitrogen and oxygen atoms in total. The van der Waals surface area contributed by atoms with E-state index >= 15 is 0 Å². The highest BCUT2D eigenvalue weighted by Gasteiger charge is 2.22. The van der Waals surface area contributed by atoms with Gasteiger partial charge in [0.2, 0.25) is 0 Å². The topological polar surface area (TPSA) is 48.1 Å². The van der Waals surface area contributed by atoms with E-state index in [1.807, 2.05) is 0 Å². The number of nitrogens with zero attached hydrogens (tertiary/aromatic N) is 4. The number of fused-ring (bicyclic) bond motifs is 3. The normalized spacial score (nSPS) is 15.0. The zero-order chi connectivity index (χ0) is 19.3. The molecule has 0 atom stereocenters. The minimum Gasteiger partial charge on any atom is -0.368 e. The largest absolute Gasteiger partial charge is 0.368 e. The summed E-state index contributed by atoms with van der Waals surface area (Å²) < 4.78 is 13.7. The summed E-state index contributed by atoms with van der Waals surface area (Å²) in [5.74, 6) is 0.637. The Kier molecular flexibility index (Phi) is 3.93. The summed E-state index contributed by atoms with van der Waals surface area (Å²) in [7, 11) is 0. The Balaban J connectivity index is 1.46. The highest BCUT2D eigenvalue weighted by molar-refractivity contribution is 6.08. The number of benzene rings is 2. The highest BCUT2D eigenvalue weighted by atomic mass is 19.1. The predicted molar refractivity (Wildman–Crippen MR) is 112 cm³/mol. The fourth-order valence-corrected chi connectivity index (χ4v) is 4.13. The average molecular weight is 375 g/mol. The van der Waals surface area contributed by atoms with Crippen LogP contribution in [0, 0.1) is 19.7 Å². The summed E-state index contributed by atoms with van der Waals surface area (Å²) in [6, 6.07) is 11.2. The van der Waals surface area contributed by atoms with Crippen molar-refractivity contribution in [3.8, 4) is 0 Å². The van der Waals surface area contributed by atoms with Crippen molar-refractivity contribution < 1.29 is 4.39 Å². The molecule has 0 saturated carbocycles. The Morgan fingerprint density at radius 3 is 2.57 bits per heavy atom. The van der Waals surface area contributed by atoms with Crippen LogP contribution in [0.2, 0.25) is 0 Å². The maximum Gasteiger partial charge on any atom is 0.156 e. The molecular weight excluding hydrogens is 353 g/mol. The van der Waals surface area contributed by atoms with Crippen LogP contribution < -0.4 is 9.80 Å². The third-order valence-corrected chi connectivity index (χ3v) is 5.82. The van der Waals surface area contributed by atoms with Crippen LogP contribution in [0.3, 0.4) is 0 Å². The van der Waals surface area contributed by atoms with E-state index in [-0.39, 0.29) is 5.82 Å². The van der Waals surface area contributed by atoms with Crippen LogP contribution in [0.5, 0.6) is 0 Å². The lowest BCUT2D eigenvalue weighted by Gasteiger charge is -2.37. The van der Waals surface area contributed by atoms with Crippen molar-refractivity contribution in [1.82, 2.24) is 15.0 Å². The second-order valence-corrected chi connectivity index (χ2v) is 7.43. The Labute approximate surface area is 162 Å². The Bertz CT molecular complexity index is 1170. The second-order valence-electron chi connectivity index (χ2n) is 7.43. The van der Waals surface area contributed by atoms with Gasteiger partial charge in [-0.05, 0) is 49.2 Å². The first-order chi connectivity index (χ1) is 13.6. The number of halogens is 1. The number of nitrogens with one attached hydrogen (secondary N) is 1. The molecule has 28 heavy (non-hydrogen) atoms. The van der Waals surface area contributed by atoms with Crippen LogP contribution in [0.1, 0.15) is 11.1 Å². The van der Waals surface area contributed by atoms with Crippen LogP contribution >= 0.6 is 0 Å². The van der Waals surface area contributed by atoms with Crippen LogP contribution in [0.4, 0.5) is 15.9 Å². The SMILES string of the molecule is Cc1cccc(N2CCN(c3ncnc4c3[nH]c3ccc(F)cc34)CC2)c1C. The molecule has 3 heterocycles. The molecule has 2 aromatic heterocycles. The molecular formula is C22H22FN5. The van der Waals surface area contributed by atoms with Crippen LogP contribution in [0.25, 0.3) is 21.9 Å². The quantitative estimate of drug-likeness (QED) is 0.571. The molecule has 4 aromatic rings. The van der Waals surface area contributed by atoms with Gasteiger partial charge in [0.25, 0.3) is 0 Å². The maximum absolute atomic E-state index is 13.7. The van der Waals surface area contributed by atoms with Crippen LogP contribution in [-0.2, 0) is 0 Å². The summed E-state index contributed by atoms with van der Waals surface area (Å²) in [6.07, 6.45) is 1.58. The first kappa shape index (κ1) is 17.0. The number of hydrogen-bond donors (Lipinski definition) is 1. The molecule has 1 aliphatic rings. The van der Waals surface area contributed by atoms with Gasteiger partial charge in [0.15, 0.2) is 5.82 Å². The minimum absolute atomic E-state index is 0.254. The molecule has 1 fully saturated rings. The molecule has 142 valence electrons. The van der Waals surface area contributed by atoms with Gasteiger partial charge < -0.3 is 14.8 Å². The first-order valence-electron chi connectivity index (χ1n) is 9.60. The number of hydrogen-bond acceptors (Lipinski definition) is 4. The van der Waals surface area contributed by atoms with E-state index in [4.69, 9.17) is 0 Å². The summed E-state index contributed by atoms with van der Waals surface area (Å²) >= 11 is 0. The van der Waals surface area contributed by atoms with Crippen LogP contribution in [-0.4, -0.2) is 41.1 Å². The van der Waals surface area contributed by atoms with E-state index in [1.54, 1.807) is 12.4 Å². The lowest BCUT2D eigenvalue weighted by atomic mass is 10.1. The molecule has 0 amide bonds. The number of aryl methyl sites for hydroxylation is 1. The monoisotopic (exact) mass is 375 g/mol. The van der Waals surface area contributed by atoms with E-state index in [0.717, 1.165) is 53.9 Å². The zero-order valence-electron chi connectivity index (χ0n) is 16.0. The number of piperazine rings is 1. The zero-order valence-corrected chi connectivity index (χ0v) is 16.0. The van der Waals surface area contributed by atoms with Crippen LogP contribution in [0.15, 0.2) is 42.7 Å². The van der Waals surface area contributed by atoms with Gasteiger partial charge in [0.1, 0.15) is 23.2 Å². The lowest BCUT2D eigenvalue weighted by Crippen LogP contribution is -2.47. The van der Waals surface area contributed by atoms with Gasteiger partial charge in [-0.3, -0.25) is 0 Å². The van der Waals surface area contributed by atoms with E-state index < -0.39 is 0 Å². The van der Waals surface area contributed by atoms with E-state index in [1.165, 1.54) is 28.9 Å². The van der Waals surface area contributed by atoms with Crippen molar-refractivity contribution in [3.63, 3.8) is 0 Å². The van der Waals surface area contributed by atoms with Gasteiger partial charge in [-0.25, -0.2) is 14.4 Å². The molecule has 1 saturated heterocycles. The van der Waals surface area contributed by atoms with Crippen molar-refractivity contribution in [1.29, 1.82) is 0 Å². The van der Waals surface area contributed by atoms with Crippen molar-refractivity contribution in [2.45, 2.75) is 13.8 Å². The number of rotatable bonds is 2. The van der Waals surface area contributed by atoms with Gasteiger partial charge >= 0.3 is 0 Å². The number of aromatic amines is 1. The maximum atomic E-state index is 13.7. The van der Waals surface area contributed by atoms with Gasteiger partial charge in [-0.2, -0.15) is 0 Å². The van der Waals surface area contributed by atoms with Crippen molar-refractivity contribution in [3.05, 3.63) is 59.7 Å². The summed E-state index contributed by atoms with van der Waals surface area (Å²) in [6.45, 7) is 7.97. The number of H-pyrrole nitrogens is 1. The molecule has 0 spiro atoms. The highest BCUT2D eigenvalue weighted by Crippen LogP contribution is 2.31. The fraction of sp³-hybridized carbons (Fsp3) is 0.273. The first-order valence-corrected chi connectivity index (χ1v) is 9.60. The Hall–Kier alpha value is -3.15. The van der Waals surface area contributed by atoms with E-state index in [9.17, 15) is 4.39 Å². The molecule has 0 unspecified atom stereocenters. The number of aromatic nitrogens is 3. The van der Waals surface area contributed by atoms with Crippen molar-refractivity contribution >= 4 is 33.4 Å². The summed E-state index contributed by atoms with van der Waals surface area (Å²) in [5.41, 5.74) is 6.52. The molecule has 1 N–H and O–H groups in total. The standard InChI is InChI=1S/C22H22FN5/c1-14-4-3-5-19(15(14)2)27-8-10-28(11-9-27)22-21-20(24-13-25-22)17-12-16(23)6-7-18(17)26-21/h3-7,12-13,26H,8-11H2,1-2H3. The molecule has 0 aliphatic carbocycles. The lowest BCUT2D eigenvalue weighted by molar-refractivity contribution is 0.630. The van der Waals surface area contributed by atoms with Crippen molar-refractivity contribution in [2.75, 3.05) is 36.0 Å². The molecule has 0 radical (unpaired) electrons. The Morgan fingerprint density at radius 2 is 1.75 bits per heavy atom. The molecule has 6 heteroatoms. The van der Waals surface area contributed by atoms with Gasteiger partial charge in [0.05, 0.1) is 0 Å². The number of anilines is 2. The summed E-state index contributed by atoms with van der Waals surface area (Å²) in [4.78, 5) is 17.1. The smallest absolute Gasteiger partial charge is 0.156 e. The second kappa shape index (κ2) is 6.48. The fourth-order valence-electron chi connectivity index (χ4n) is 4.13. The van der Waals surface area contributed by atoms with E-state index in [0.29, 0.717) is 0 Å². The van der Waals surface area contributed by atoms with E-state index in [2.05, 4.69) is 56.8 Å². The van der Waals surface area contributed by atoms with Crippen molar-refractivity contribution in [2.24, 2.45) is 0 Å².